The molecule has 0 aliphatic heterocycles. The van der Waals surface area contributed by atoms with E-state index in [4.69, 9.17) is 16.3 Å². The van der Waals surface area contributed by atoms with Crippen LogP contribution in [0.25, 0.3) is 10.2 Å². The van der Waals surface area contributed by atoms with Gasteiger partial charge in [-0.25, -0.2) is 4.98 Å². The Kier molecular flexibility index (Phi) is 5.11. The van der Waals surface area contributed by atoms with Crippen LogP contribution in [0.1, 0.15) is 32.8 Å². The summed E-state index contributed by atoms with van der Waals surface area (Å²) in [6, 6.07) is 1.98. The molecule has 2 aromatic rings. The second kappa shape index (κ2) is 6.64. The zero-order valence-corrected chi connectivity index (χ0v) is 14.0. The lowest BCUT2D eigenvalue weighted by atomic mass is 10.2. The Labute approximate surface area is 129 Å². The van der Waals surface area contributed by atoms with Crippen molar-refractivity contribution in [2.24, 2.45) is 5.92 Å². The maximum Gasteiger partial charge on any atom is 0.183 e. The normalized spacial score (nSPS) is 11.3. The number of anilines is 1. The maximum absolute atomic E-state index is 6.40. The number of halogens is 1. The van der Waals surface area contributed by atoms with Crippen LogP contribution in [0.3, 0.4) is 0 Å². The number of fused-ring (bicyclic) bond motifs is 1. The Morgan fingerprint density at radius 1 is 1.45 bits per heavy atom. The molecule has 2 rings (SSSR count). The van der Waals surface area contributed by atoms with Gasteiger partial charge in [-0.2, -0.15) is 0 Å². The molecule has 1 aromatic heterocycles. The smallest absolute Gasteiger partial charge is 0.183 e. The third-order valence-corrected chi connectivity index (χ3v) is 4.48. The van der Waals surface area contributed by atoms with Crippen molar-refractivity contribution < 1.29 is 4.74 Å². The van der Waals surface area contributed by atoms with E-state index < -0.39 is 0 Å². The SMILES string of the molecule is CCCNc1nc2c(OCC(C)C)cc(C)c(Cl)c2s1. The highest BCUT2D eigenvalue weighted by atomic mass is 35.5. The standard InChI is InChI=1S/C15H21ClN2OS/c1-5-6-17-15-18-13-11(19-8-9(2)3)7-10(4)12(16)14(13)20-15/h7,9H,5-6,8H2,1-4H3,(H,17,18). The first-order valence-electron chi connectivity index (χ1n) is 6.99. The topological polar surface area (TPSA) is 34.2 Å². The number of benzene rings is 1. The minimum Gasteiger partial charge on any atom is -0.491 e. The lowest BCUT2D eigenvalue weighted by molar-refractivity contribution is 0.273. The van der Waals surface area contributed by atoms with E-state index in [1.807, 2.05) is 13.0 Å². The van der Waals surface area contributed by atoms with Crippen LogP contribution in [0, 0.1) is 12.8 Å². The van der Waals surface area contributed by atoms with Crippen molar-refractivity contribution >= 4 is 38.3 Å². The van der Waals surface area contributed by atoms with Crippen molar-refractivity contribution in [3.63, 3.8) is 0 Å². The number of aromatic nitrogens is 1. The molecule has 0 unspecified atom stereocenters. The molecule has 0 atom stereocenters. The fraction of sp³-hybridized carbons (Fsp3) is 0.533. The van der Waals surface area contributed by atoms with Gasteiger partial charge in [0, 0.05) is 6.54 Å². The summed E-state index contributed by atoms with van der Waals surface area (Å²) in [7, 11) is 0. The minimum atomic E-state index is 0.484. The summed E-state index contributed by atoms with van der Waals surface area (Å²) in [6.07, 6.45) is 1.07. The van der Waals surface area contributed by atoms with Gasteiger partial charge < -0.3 is 10.1 Å². The molecule has 110 valence electrons. The summed E-state index contributed by atoms with van der Waals surface area (Å²) in [6.45, 7) is 10.0. The van der Waals surface area contributed by atoms with Crippen molar-refractivity contribution in [2.45, 2.75) is 34.1 Å². The second-order valence-corrected chi connectivity index (χ2v) is 6.71. The minimum absolute atomic E-state index is 0.484. The quantitative estimate of drug-likeness (QED) is 0.804. The van der Waals surface area contributed by atoms with Crippen molar-refractivity contribution in [1.82, 2.24) is 4.98 Å². The van der Waals surface area contributed by atoms with E-state index in [1.165, 1.54) is 0 Å². The van der Waals surface area contributed by atoms with Crippen LogP contribution >= 0.6 is 22.9 Å². The van der Waals surface area contributed by atoms with E-state index in [0.29, 0.717) is 12.5 Å². The van der Waals surface area contributed by atoms with Gasteiger partial charge in [-0.1, -0.05) is 43.7 Å². The monoisotopic (exact) mass is 312 g/mol. The second-order valence-electron chi connectivity index (χ2n) is 5.33. The first kappa shape index (κ1) is 15.4. The van der Waals surface area contributed by atoms with Gasteiger partial charge in [0.2, 0.25) is 0 Å². The van der Waals surface area contributed by atoms with E-state index in [0.717, 1.165) is 44.6 Å². The molecule has 0 spiro atoms. The molecule has 0 saturated heterocycles. The van der Waals surface area contributed by atoms with Gasteiger partial charge >= 0.3 is 0 Å². The molecule has 0 aliphatic rings. The van der Waals surface area contributed by atoms with Crippen LogP contribution in [0.15, 0.2) is 6.07 Å². The number of hydrogen-bond acceptors (Lipinski definition) is 4. The molecule has 1 aromatic carbocycles. The number of nitrogens with one attached hydrogen (secondary N) is 1. The molecular weight excluding hydrogens is 292 g/mol. The van der Waals surface area contributed by atoms with Crippen molar-refractivity contribution in [2.75, 3.05) is 18.5 Å². The summed E-state index contributed by atoms with van der Waals surface area (Å²) in [5.41, 5.74) is 1.90. The number of nitrogens with zero attached hydrogens (tertiary/aromatic N) is 1. The molecule has 1 N–H and O–H groups in total. The number of rotatable bonds is 6. The van der Waals surface area contributed by atoms with Gasteiger partial charge in [-0.15, -0.1) is 0 Å². The van der Waals surface area contributed by atoms with Gasteiger partial charge in [-0.05, 0) is 30.9 Å². The zero-order chi connectivity index (χ0) is 14.7. The summed E-state index contributed by atoms with van der Waals surface area (Å²) in [5.74, 6) is 1.31. The van der Waals surface area contributed by atoms with Gasteiger partial charge in [-0.3, -0.25) is 0 Å². The summed E-state index contributed by atoms with van der Waals surface area (Å²) < 4.78 is 6.90. The van der Waals surface area contributed by atoms with Gasteiger partial charge in [0.25, 0.3) is 0 Å². The largest absolute Gasteiger partial charge is 0.491 e. The maximum atomic E-state index is 6.40. The lowest BCUT2D eigenvalue weighted by Gasteiger charge is -2.10. The molecule has 0 radical (unpaired) electrons. The first-order chi connectivity index (χ1) is 9.52. The fourth-order valence-electron chi connectivity index (χ4n) is 1.82. The van der Waals surface area contributed by atoms with Crippen molar-refractivity contribution in [3.8, 4) is 5.75 Å². The summed E-state index contributed by atoms with van der Waals surface area (Å²) in [4.78, 5) is 4.63. The molecule has 0 saturated carbocycles. The average molecular weight is 313 g/mol. The van der Waals surface area contributed by atoms with Crippen LogP contribution in [0.5, 0.6) is 5.75 Å². The van der Waals surface area contributed by atoms with Crippen LogP contribution < -0.4 is 10.1 Å². The average Bonchev–Trinajstić information content (AvgIpc) is 2.83. The molecular formula is C15H21ClN2OS. The molecule has 0 fully saturated rings. The predicted molar refractivity (Wildman–Crippen MR) is 88.5 cm³/mol. The van der Waals surface area contributed by atoms with Crippen LogP contribution in [-0.4, -0.2) is 18.1 Å². The molecule has 3 nitrogen and oxygen atoms in total. The number of aryl methyl sites for hydroxylation is 1. The fourth-order valence-corrected chi connectivity index (χ4v) is 3.08. The molecule has 0 bridgehead atoms. The van der Waals surface area contributed by atoms with Gasteiger partial charge in [0.15, 0.2) is 5.13 Å². The summed E-state index contributed by atoms with van der Waals surface area (Å²) >= 11 is 7.99. The lowest BCUT2D eigenvalue weighted by Crippen LogP contribution is -2.05. The first-order valence-corrected chi connectivity index (χ1v) is 8.18. The van der Waals surface area contributed by atoms with Crippen LogP contribution in [0.2, 0.25) is 5.02 Å². The highest BCUT2D eigenvalue weighted by molar-refractivity contribution is 7.22. The Morgan fingerprint density at radius 3 is 2.85 bits per heavy atom. The molecule has 20 heavy (non-hydrogen) atoms. The Balaban J connectivity index is 2.40. The Hall–Kier alpha value is -1.000. The van der Waals surface area contributed by atoms with E-state index in [9.17, 15) is 0 Å². The Morgan fingerprint density at radius 2 is 2.20 bits per heavy atom. The van der Waals surface area contributed by atoms with Gasteiger partial charge in [0.05, 0.1) is 16.3 Å². The molecule has 0 amide bonds. The number of ether oxygens (including phenoxy) is 1. The van der Waals surface area contributed by atoms with Crippen LogP contribution in [0.4, 0.5) is 5.13 Å². The number of thiazole rings is 1. The van der Waals surface area contributed by atoms with E-state index in [2.05, 4.69) is 31.1 Å². The molecule has 0 aliphatic carbocycles. The van der Waals surface area contributed by atoms with E-state index in [-0.39, 0.29) is 0 Å². The number of hydrogen-bond donors (Lipinski definition) is 1. The van der Waals surface area contributed by atoms with Crippen LogP contribution in [-0.2, 0) is 0 Å². The van der Waals surface area contributed by atoms with Gasteiger partial charge in [0.1, 0.15) is 11.3 Å². The molecule has 1 heterocycles. The van der Waals surface area contributed by atoms with Crippen molar-refractivity contribution in [3.05, 3.63) is 16.7 Å². The zero-order valence-electron chi connectivity index (χ0n) is 12.4. The summed E-state index contributed by atoms with van der Waals surface area (Å²) in [5, 5.41) is 5.00. The molecule has 5 heteroatoms. The van der Waals surface area contributed by atoms with E-state index >= 15 is 0 Å². The Bertz CT molecular complexity index is 595. The highest BCUT2D eigenvalue weighted by Gasteiger charge is 2.15. The predicted octanol–water partition coefficient (Wildman–Crippen LogP) is 5.11. The highest BCUT2D eigenvalue weighted by Crippen LogP contribution is 2.39. The van der Waals surface area contributed by atoms with Crippen molar-refractivity contribution in [1.29, 1.82) is 0 Å². The third-order valence-electron chi connectivity index (χ3n) is 2.85. The van der Waals surface area contributed by atoms with E-state index in [1.54, 1.807) is 11.3 Å². The third kappa shape index (κ3) is 3.36.